The first-order valence-electron chi connectivity index (χ1n) is 7.16. The molecular weight excluding hydrogens is 242 g/mol. The van der Waals surface area contributed by atoms with E-state index < -0.39 is 0 Å². The second-order valence-electron chi connectivity index (χ2n) is 5.29. The van der Waals surface area contributed by atoms with Crippen molar-refractivity contribution < 1.29 is 0 Å². The molecule has 0 aromatic carbocycles. The van der Waals surface area contributed by atoms with E-state index in [1.165, 1.54) is 50.1 Å². The van der Waals surface area contributed by atoms with Crippen LogP contribution in [0.3, 0.4) is 0 Å². The van der Waals surface area contributed by atoms with E-state index in [1.807, 2.05) is 6.20 Å². The van der Waals surface area contributed by atoms with Crippen LogP contribution in [0.1, 0.15) is 43.9 Å². The van der Waals surface area contributed by atoms with E-state index in [2.05, 4.69) is 29.0 Å². The third-order valence-corrected chi connectivity index (χ3v) is 4.58. The number of unbranched alkanes of at least 4 members (excludes halogenated alkanes) is 1. The number of piperidine rings is 1. The van der Waals surface area contributed by atoms with Crippen LogP contribution in [0.5, 0.6) is 0 Å². The quantitative estimate of drug-likeness (QED) is 0.799. The molecule has 0 saturated carbocycles. The molecule has 1 aromatic heterocycles. The fourth-order valence-electron chi connectivity index (χ4n) is 2.56. The summed E-state index contributed by atoms with van der Waals surface area (Å²) in [5.74, 6) is 0. The van der Waals surface area contributed by atoms with Gasteiger partial charge in [-0.3, -0.25) is 0 Å². The lowest BCUT2D eigenvalue weighted by Gasteiger charge is -2.33. The molecule has 1 aliphatic heterocycles. The number of hydrogen-bond donors (Lipinski definition) is 1. The number of aromatic nitrogens is 1. The van der Waals surface area contributed by atoms with Gasteiger partial charge in [-0.1, -0.05) is 6.42 Å². The van der Waals surface area contributed by atoms with Gasteiger partial charge in [0.05, 0.1) is 0 Å². The molecule has 102 valence electrons. The van der Waals surface area contributed by atoms with Crippen LogP contribution in [0, 0.1) is 6.92 Å². The molecule has 1 N–H and O–H groups in total. The smallest absolute Gasteiger partial charge is 0.182 e. The highest BCUT2D eigenvalue weighted by Gasteiger charge is 2.16. The molecule has 1 atom stereocenters. The van der Waals surface area contributed by atoms with Gasteiger partial charge < -0.3 is 10.2 Å². The molecule has 1 aromatic rings. The number of anilines is 1. The second kappa shape index (κ2) is 7.10. The number of nitrogens with zero attached hydrogens (tertiary/aromatic N) is 2. The van der Waals surface area contributed by atoms with Gasteiger partial charge in [-0.2, -0.15) is 0 Å². The number of aryl methyl sites for hydroxylation is 1. The van der Waals surface area contributed by atoms with Gasteiger partial charge in [0.15, 0.2) is 5.13 Å². The third kappa shape index (κ3) is 4.25. The zero-order chi connectivity index (χ0) is 12.8. The van der Waals surface area contributed by atoms with Crippen LogP contribution in [-0.4, -0.2) is 35.6 Å². The minimum atomic E-state index is 0.799. The molecule has 4 heteroatoms. The van der Waals surface area contributed by atoms with Crippen LogP contribution >= 0.6 is 11.3 Å². The SMILES string of the molecule is Cc1cnc(NCCCCN2CCCCC2C)s1. The van der Waals surface area contributed by atoms with Gasteiger partial charge in [0, 0.05) is 23.7 Å². The minimum Gasteiger partial charge on any atom is -0.362 e. The standard InChI is InChI=1S/C14H25N3S/c1-12-7-3-5-9-17(12)10-6-4-8-15-14-16-11-13(2)18-14/h11-12H,3-10H2,1-2H3,(H,15,16). The van der Waals surface area contributed by atoms with Crippen LogP contribution in [0.25, 0.3) is 0 Å². The summed E-state index contributed by atoms with van der Waals surface area (Å²) in [6.45, 7) is 8.09. The molecule has 1 fully saturated rings. The van der Waals surface area contributed by atoms with Crippen molar-refractivity contribution in [3.05, 3.63) is 11.1 Å². The Morgan fingerprint density at radius 3 is 3.06 bits per heavy atom. The maximum atomic E-state index is 4.31. The largest absolute Gasteiger partial charge is 0.362 e. The molecule has 3 nitrogen and oxygen atoms in total. The second-order valence-corrected chi connectivity index (χ2v) is 6.53. The molecule has 2 rings (SSSR count). The highest BCUT2D eigenvalue weighted by atomic mass is 32.1. The molecule has 0 radical (unpaired) electrons. The first kappa shape index (κ1) is 13.8. The summed E-state index contributed by atoms with van der Waals surface area (Å²) in [6, 6.07) is 0.799. The van der Waals surface area contributed by atoms with Gasteiger partial charge in [-0.25, -0.2) is 4.98 Å². The highest BCUT2D eigenvalue weighted by molar-refractivity contribution is 7.15. The lowest BCUT2D eigenvalue weighted by atomic mass is 10.0. The summed E-state index contributed by atoms with van der Waals surface area (Å²) in [6.07, 6.45) is 8.66. The van der Waals surface area contributed by atoms with Crippen LogP contribution in [0.2, 0.25) is 0 Å². The lowest BCUT2D eigenvalue weighted by molar-refractivity contribution is 0.158. The van der Waals surface area contributed by atoms with Crippen LogP contribution in [0.15, 0.2) is 6.20 Å². The number of hydrogen-bond acceptors (Lipinski definition) is 4. The maximum Gasteiger partial charge on any atom is 0.182 e. The van der Waals surface area contributed by atoms with Crippen molar-refractivity contribution in [1.82, 2.24) is 9.88 Å². The maximum absolute atomic E-state index is 4.31. The molecular formula is C14H25N3S. The Kier molecular flexibility index (Phi) is 5.45. The van der Waals surface area contributed by atoms with Gasteiger partial charge in [-0.15, -0.1) is 11.3 Å². The summed E-state index contributed by atoms with van der Waals surface area (Å²) in [5.41, 5.74) is 0. The lowest BCUT2D eigenvalue weighted by Crippen LogP contribution is -2.38. The Morgan fingerprint density at radius 1 is 1.44 bits per heavy atom. The number of likely N-dealkylation sites (tertiary alicyclic amines) is 1. The Labute approximate surface area is 115 Å². The summed E-state index contributed by atoms with van der Waals surface area (Å²) in [5, 5.41) is 4.47. The molecule has 0 spiro atoms. The van der Waals surface area contributed by atoms with Crippen molar-refractivity contribution in [2.24, 2.45) is 0 Å². The van der Waals surface area contributed by atoms with Crippen molar-refractivity contribution >= 4 is 16.5 Å². The zero-order valence-electron chi connectivity index (χ0n) is 11.6. The molecule has 0 amide bonds. The van der Waals surface area contributed by atoms with E-state index in [0.717, 1.165) is 17.7 Å². The average Bonchev–Trinajstić information content (AvgIpc) is 2.77. The Hall–Kier alpha value is -0.610. The van der Waals surface area contributed by atoms with E-state index in [-0.39, 0.29) is 0 Å². The van der Waals surface area contributed by atoms with Gasteiger partial charge in [-0.05, 0) is 52.6 Å². The van der Waals surface area contributed by atoms with E-state index in [4.69, 9.17) is 0 Å². The number of nitrogens with one attached hydrogen (secondary N) is 1. The van der Waals surface area contributed by atoms with Gasteiger partial charge in [0.25, 0.3) is 0 Å². The molecule has 2 heterocycles. The summed E-state index contributed by atoms with van der Waals surface area (Å²) < 4.78 is 0. The van der Waals surface area contributed by atoms with Crippen molar-refractivity contribution in [3.8, 4) is 0 Å². The molecule has 1 saturated heterocycles. The van der Waals surface area contributed by atoms with E-state index in [1.54, 1.807) is 11.3 Å². The predicted molar refractivity (Wildman–Crippen MR) is 79.5 cm³/mol. The molecule has 0 bridgehead atoms. The molecule has 0 aliphatic carbocycles. The minimum absolute atomic E-state index is 0.799. The first-order valence-corrected chi connectivity index (χ1v) is 7.98. The monoisotopic (exact) mass is 267 g/mol. The van der Waals surface area contributed by atoms with E-state index >= 15 is 0 Å². The Balaban J connectivity index is 1.55. The van der Waals surface area contributed by atoms with Gasteiger partial charge >= 0.3 is 0 Å². The van der Waals surface area contributed by atoms with E-state index in [9.17, 15) is 0 Å². The predicted octanol–water partition coefficient (Wildman–Crippen LogP) is 3.52. The Morgan fingerprint density at radius 2 is 2.33 bits per heavy atom. The fourth-order valence-corrected chi connectivity index (χ4v) is 3.25. The zero-order valence-corrected chi connectivity index (χ0v) is 12.4. The summed E-state index contributed by atoms with van der Waals surface area (Å²) >= 11 is 1.74. The summed E-state index contributed by atoms with van der Waals surface area (Å²) in [4.78, 5) is 8.24. The average molecular weight is 267 g/mol. The molecule has 1 aliphatic rings. The number of thiazole rings is 1. The summed E-state index contributed by atoms with van der Waals surface area (Å²) in [7, 11) is 0. The van der Waals surface area contributed by atoms with E-state index in [0.29, 0.717) is 0 Å². The van der Waals surface area contributed by atoms with Crippen LogP contribution in [-0.2, 0) is 0 Å². The molecule has 18 heavy (non-hydrogen) atoms. The first-order chi connectivity index (χ1) is 8.75. The van der Waals surface area contributed by atoms with Crippen molar-refractivity contribution in [2.75, 3.05) is 25.0 Å². The fraction of sp³-hybridized carbons (Fsp3) is 0.786. The van der Waals surface area contributed by atoms with Crippen LogP contribution < -0.4 is 5.32 Å². The van der Waals surface area contributed by atoms with Crippen LogP contribution in [0.4, 0.5) is 5.13 Å². The highest BCUT2D eigenvalue weighted by Crippen LogP contribution is 2.18. The van der Waals surface area contributed by atoms with Gasteiger partial charge in [0.2, 0.25) is 0 Å². The topological polar surface area (TPSA) is 28.2 Å². The molecule has 1 unspecified atom stereocenters. The Bertz CT molecular complexity index is 351. The number of rotatable bonds is 6. The van der Waals surface area contributed by atoms with Gasteiger partial charge in [0.1, 0.15) is 0 Å². The normalized spacial score (nSPS) is 21.1. The van der Waals surface area contributed by atoms with Crippen molar-refractivity contribution in [2.45, 2.75) is 52.0 Å². The van der Waals surface area contributed by atoms with Crippen molar-refractivity contribution in [1.29, 1.82) is 0 Å². The van der Waals surface area contributed by atoms with Crippen molar-refractivity contribution in [3.63, 3.8) is 0 Å². The third-order valence-electron chi connectivity index (χ3n) is 3.71.